The van der Waals surface area contributed by atoms with E-state index in [2.05, 4.69) is 0 Å². The number of aliphatic hydroxyl groups excluding tert-OH is 2. The highest BCUT2D eigenvalue weighted by Crippen LogP contribution is 2.41. The van der Waals surface area contributed by atoms with Crippen molar-refractivity contribution in [3.63, 3.8) is 0 Å². The molecule has 1 aliphatic heterocycles. The Hall–Kier alpha value is -2.70. The molecule has 6 nitrogen and oxygen atoms in total. The van der Waals surface area contributed by atoms with Gasteiger partial charge in [-0.3, -0.25) is 0 Å². The summed E-state index contributed by atoms with van der Waals surface area (Å²) in [6, 6.07) is 10.3. The van der Waals surface area contributed by atoms with Gasteiger partial charge in [0.15, 0.2) is 35.2 Å². The van der Waals surface area contributed by atoms with Gasteiger partial charge in [0.1, 0.15) is 0 Å². The van der Waals surface area contributed by atoms with Crippen molar-refractivity contribution in [1.82, 2.24) is 0 Å². The van der Waals surface area contributed by atoms with E-state index in [1.807, 2.05) is 6.07 Å². The Morgan fingerprint density at radius 1 is 1.08 bits per heavy atom. The van der Waals surface area contributed by atoms with Gasteiger partial charge in [-0.1, -0.05) is 24.3 Å². The normalized spacial score (nSPS) is 19.2. The van der Waals surface area contributed by atoms with E-state index in [-0.39, 0.29) is 19.0 Å². The number of aromatic hydroxyl groups is 1. The van der Waals surface area contributed by atoms with Crippen molar-refractivity contribution in [3.05, 3.63) is 53.6 Å². The summed E-state index contributed by atoms with van der Waals surface area (Å²) in [5, 5.41) is 28.3. The largest absolute Gasteiger partial charge is 0.504 e. The summed E-state index contributed by atoms with van der Waals surface area (Å²) in [4.78, 5) is 0. The van der Waals surface area contributed by atoms with E-state index in [9.17, 15) is 10.2 Å². The highest BCUT2D eigenvalue weighted by molar-refractivity contribution is 5.56. The van der Waals surface area contributed by atoms with Crippen LogP contribution in [0.5, 0.6) is 23.0 Å². The van der Waals surface area contributed by atoms with Crippen LogP contribution in [0.4, 0.5) is 0 Å². The molecule has 0 saturated heterocycles. The van der Waals surface area contributed by atoms with Gasteiger partial charge in [0.2, 0.25) is 0 Å². The molecule has 0 aliphatic carbocycles. The van der Waals surface area contributed by atoms with E-state index >= 15 is 0 Å². The van der Waals surface area contributed by atoms with Crippen LogP contribution in [0.15, 0.2) is 42.5 Å². The summed E-state index contributed by atoms with van der Waals surface area (Å²) in [5.41, 5.74) is 1.58. The van der Waals surface area contributed by atoms with Crippen molar-refractivity contribution < 1.29 is 29.5 Å². The van der Waals surface area contributed by atoms with Gasteiger partial charge in [-0.05, 0) is 29.8 Å². The van der Waals surface area contributed by atoms with Crippen molar-refractivity contribution in [2.75, 3.05) is 20.3 Å². The zero-order valence-electron chi connectivity index (χ0n) is 13.8. The molecule has 3 N–H and O–H groups in total. The first-order valence-corrected chi connectivity index (χ1v) is 7.88. The Morgan fingerprint density at radius 2 is 1.92 bits per heavy atom. The summed E-state index contributed by atoms with van der Waals surface area (Å²) in [6.45, 7) is -0.267. The monoisotopic (exact) mass is 344 g/mol. The molecule has 0 aromatic heterocycles. The predicted molar refractivity (Wildman–Crippen MR) is 92.1 cm³/mol. The molecular weight excluding hydrogens is 324 g/mol. The van der Waals surface area contributed by atoms with Crippen molar-refractivity contribution >= 4 is 6.08 Å². The zero-order chi connectivity index (χ0) is 17.8. The number of aliphatic hydroxyl groups is 2. The Morgan fingerprint density at radius 3 is 2.64 bits per heavy atom. The minimum atomic E-state index is -0.583. The molecule has 1 aliphatic rings. The van der Waals surface area contributed by atoms with Gasteiger partial charge in [0, 0.05) is 5.56 Å². The molecular formula is C19H20O6. The number of ether oxygens (including phenoxy) is 3. The quantitative estimate of drug-likeness (QED) is 0.771. The van der Waals surface area contributed by atoms with Gasteiger partial charge in [0.25, 0.3) is 0 Å². The van der Waals surface area contributed by atoms with Crippen LogP contribution in [-0.2, 0) is 0 Å². The molecule has 2 aromatic rings. The van der Waals surface area contributed by atoms with E-state index in [0.717, 1.165) is 11.1 Å². The molecule has 2 aromatic carbocycles. The Bertz CT molecular complexity index is 771. The topological polar surface area (TPSA) is 88.4 Å². The Balaban J connectivity index is 1.94. The molecule has 0 radical (unpaired) electrons. The van der Waals surface area contributed by atoms with Crippen LogP contribution in [0.2, 0.25) is 0 Å². The number of phenols is 1. The van der Waals surface area contributed by atoms with Crippen LogP contribution >= 0.6 is 0 Å². The second-order valence-electron chi connectivity index (χ2n) is 5.60. The van der Waals surface area contributed by atoms with Crippen LogP contribution in [0.1, 0.15) is 17.2 Å². The molecule has 2 unspecified atom stereocenters. The number of fused-ring (bicyclic) bond motifs is 1. The minimum absolute atomic E-state index is 0.0281. The third-order valence-corrected chi connectivity index (χ3v) is 3.97. The van der Waals surface area contributed by atoms with Crippen molar-refractivity contribution in [1.29, 1.82) is 0 Å². The lowest BCUT2D eigenvalue weighted by Gasteiger charge is -2.33. The number of benzene rings is 2. The summed E-state index contributed by atoms with van der Waals surface area (Å²) < 4.78 is 17.1. The molecule has 3 rings (SSSR count). The van der Waals surface area contributed by atoms with Crippen LogP contribution in [0.25, 0.3) is 6.08 Å². The standard InChI is InChI=1S/C19H20O6/c1-23-16-10-13(5-6-14(16)22)19-18(11-21)24-15-7-4-12(3-2-8-20)9-17(15)25-19/h2-7,9-10,18-22H,8,11H2,1H3. The number of hydrogen-bond donors (Lipinski definition) is 3. The number of rotatable bonds is 5. The molecule has 0 spiro atoms. The molecule has 1 heterocycles. The first kappa shape index (κ1) is 17.1. The van der Waals surface area contributed by atoms with E-state index < -0.39 is 12.2 Å². The van der Waals surface area contributed by atoms with Crippen molar-refractivity contribution in [3.8, 4) is 23.0 Å². The van der Waals surface area contributed by atoms with E-state index in [1.165, 1.54) is 13.2 Å². The third-order valence-electron chi connectivity index (χ3n) is 3.97. The third kappa shape index (κ3) is 3.55. The SMILES string of the molecule is COc1cc(C2Oc3cc(C=CCO)ccc3OC2CO)ccc1O. The first-order chi connectivity index (χ1) is 12.2. The number of methoxy groups -OCH3 is 1. The second-order valence-corrected chi connectivity index (χ2v) is 5.60. The second kappa shape index (κ2) is 7.46. The highest BCUT2D eigenvalue weighted by Gasteiger charge is 2.33. The van der Waals surface area contributed by atoms with Gasteiger partial charge in [-0.15, -0.1) is 0 Å². The maximum Gasteiger partial charge on any atom is 0.163 e. The summed E-state index contributed by atoms with van der Waals surface area (Å²) >= 11 is 0. The molecule has 25 heavy (non-hydrogen) atoms. The minimum Gasteiger partial charge on any atom is -0.504 e. The van der Waals surface area contributed by atoms with Gasteiger partial charge >= 0.3 is 0 Å². The average Bonchev–Trinajstić information content (AvgIpc) is 2.65. The van der Waals surface area contributed by atoms with Gasteiger partial charge in [-0.25, -0.2) is 0 Å². The zero-order valence-corrected chi connectivity index (χ0v) is 13.8. The van der Waals surface area contributed by atoms with Crippen molar-refractivity contribution in [2.45, 2.75) is 12.2 Å². The summed E-state index contributed by atoms with van der Waals surface area (Å²) in [5.74, 6) is 1.44. The van der Waals surface area contributed by atoms with Gasteiger partial charge in [-0.2, -0.15) is 0 Å². The molecule has 0 bridgehead atoms. The fraction of sp³-hybridized carbons (Fsp3) is 0.263. The van der Waals surface area contributed by atoms with Crippen LogP contribution in [0.3, 0.4) is 0 Å². The number of phenolic OH excluding ortho intramolecular Hbond substituents is 1. The fourth-order valence-electron chi connectivity index (χ4n) is 2.73. The van der Waals surface area contributed by atoms with Crippen molar-refractivity contribution in [2.24, 2.45) is 0 Å². The lowest BCUT2D eigenvalue weighted by Crippen LogP contribution is -2.36. The summed E-state index contributed by atoms with van der Waals surface area (Å²) in [7, 11) is 1.47. The molecule has 0 saturated carbocycles. The molecule has 6 heteroatoms. The Kier molecular flexibility index (Phi) is 5.11. The fourth-order valence-corrected chi connectivity index (χ4v) is 2.73. The molecule has 2 atom stereocenters. The van der Waals surface area contributed by atoms with Crippen LogP contribution < -0.4 is 14.2 Å². The first-order valence-electron chi connectivity index (χ1n) is 7.88. The van der Waals surface area contributed by atoms with E-state index in [4.69, 9.17) is 19.3 Å². The summed E-state index contributed by atoms with van der Waals surface area (Å²) in [6.07, 6.45) is 2.27. The number of hydrogen-bond acceptors (Lipinski definition) is 6. The lowest BCUT2D eigenvalue weighted by atomic mass is 10.0. The van der Waals surface area contributed by atoms with E-state index in [0.29, 0.717) is 17.2 Å². The van der Waals surface area contributed by atoms with Crippen LogP contribution in [-0.4, -0.2) is 41.7 Å². The molecule has 0 amide bonds. The predicted octanol–water partition coefficient (Wildman–Crippen LogP) is 2.28. The lowest BCUT2D eigenvalue weighted by molar-refractivity contribution is -0.0124. The maximum absolute atomic E-state index is 9.76. The average molecular weight is 344 g/mol. The highest BCUT2D eigenvalue weighted by atomic mass is 16.6. The molecule has 0 fully saturated rings. The maximum atomic E-state index is 9.76. The van der Waals surface area contributed by atoms with Crippen LogP contribution in [0, 0.1) is 0 Å². The van der Waals surface area contributed by atoms with E-state index in [1.54, 1.807) is 36.4 Å². The van der Waals surface area contributed by atoms with Gasteiger partial charge in [0.05, 0.1) is 20.3 Å². The molecule has 132 valence electrons. The Labute approximate surface area is 145 Å². The van der Waals surface area contributed by atoms with Gasteiger partial charge < -0.3 is 29.5 Å². The smallest absolute Gasteiger partial charge is 0.163 e.